The molecule has 2 saturated heterocycles. The summed E-state index contributed by atoms with van der Waals surface area (Å²) in [5.41, 5.74) is -0.0379. The molecular formula is C27H32F4N6O2. The number of pyridine rings is 1. The Morgan fingerprint density at radius 1 is 1.13 bits per heavy atom. The van der Waals surface area contributed by atoms with Crippen LogP contribution >= 0.6 is 0 Å². The Hall–Kier alpha value is -3.25. The third kappa shape index (κ3) is 5.86. The predicted molar refractivity (Wildman–Crippen MR) is 137 cm³/mol. The number of anilines is 1. The molecule has 3 aromatic rings. The van der Waals surface area contributed by atoms with E-state index in [0.29, 0.717) is 17.8 Å². The normalized spacial score (nSPS) is 20.7. The molecule has 0 radical (unpaired) electrons. The third-order valence-electron chi connectivity index (χ3n) is 7.82. The maximum Gasteiger partial charge on any atom is 0.419 e. The number of nitrogens with one attached hydrogen (secondary N) is 1. The van der Waals surface area contributed by atoms with E-state index in [2.05, 4.69) is 25.2 Å². The van der Waals surface area contributed by atoms with Crippen molar-refractivity contribution in [1.29, 1.82) is 0 Å². The number of carbonyl (C=O) groups is 1. The molecule has 1 aromatic carbocycles. The molecular weight excluding hydrogens is 516 g/mol. The van der Waals surface area contributed by atoms with Crippen LogP contribution in [0.3, 0.4) is 0 Å². The number of likely N-dealkylation sites (tertiary alicyclic amines) is 1. The first kappa shape index (κ1) is 27.3. The van der Waals surface area contributed by atoms with Crippen molar-refractivity contribution in [2.24, 2.45) is 0 Å². The Morgan fingerprint density at radius 2 is 1.90 bits per heavy atom. The lowest BCUT2D eigenvalue weighted by molar-refractivity contribution is -0.140. The first-order chi connectivity index (χ1) is 18.6. The number of amides is 1. The number of benzene rings is 1. The lowest BCUT2D eigenvalue weighted by atomic mass is 10.0. The molecule has 2 aliphatic rings. The summed E-state index contributed by atoms with van der Waals surface area (Å²) in [5, 5.41) is 16.8. The van der Waals surface area contributed by atoms with Crippen LogP contribution in [-0.4, -0.2) is 68.8 Å². The minimum absolute atomic E-state index is 0.224. The number of aliphatic hydroxyl groups excluding tert-OH is 1. The van der Waals surface area contributed by atoms with E-state index >= 15 is 0 Å². The van der Waals surface area contributed by atoms with Crippen molar-refractivity contribution in [2.45, 2.75) is 63.4 Å². The van der Waals surface area contributed by atoms with Gasteiger partial charge in [0.25, 0.3) is 5.91 Å². The molecule has 39 heavy (non-hydrogen) atoms. The van der Waals surface area contributed by atoms with E-state index in [0.717, 1.165) is 70.0 Å². The minimum Gasteiger partial charge on any atom is -0.393 e. The molecule has 210 valence electrons. The van der Waals surface area contributed by atoms with Gasteiger partial charge in [-0.1, -0.05) is 12.1 Å². The Labute approximate surface area is 223 Å². The van der Waals surface area contributed by atoms with Crippen LogP contribution < -0.4 is 10.2 Å². The third-order valence-corrected chi connectivity index (χ3v) is 7.82. The summed E-state index contributed by atoms with van der Waals surface area (Å²) in [4.78, 5) is 22.2. The van der Waals surface area contributed by atoms with Crippen LogP contribution in [0, 0.1) is 5.82 Å². The molecule has 2 atom stereocenters. The van der Waals surface area contributed by atoms with E-state index < -0.39 is 29.5 Å². The molecule has 1 amide bonds. The number of nitrogens with zero attached hydrogens (tertiary/aromatic N) is 5. The van der Waals surface area contributed by atoms with Crippen LogP contribution in [-0.2, 0) is 6.18 Å². The van der Waals surface area contributed by atoms with E-state index in [1.807, 2.05) is 0 Å². The van der Waals surface area contributed by atoms with Gasteiger partial charge in [0.15, 0.2) is 5.65 Å². The van der Waals surface area contributed by atoms with Crippen molar-refractivity contribution in [1.82, 2.24) is 24.8 Å². The van der Waals surface area contributed by atoms with E-state index in [1.54, 1.807) is 6.07 Å². The lowest BCUT2D eigenvalue weighted by Crippen LogP contribution is -2.45. The van der Waals surface area contributed by atoms with Crippen LogP contribution in [0.2, 0.25) is 0 Å². The number of carbonyl (C=O) groups excluding carboxylic acids is 1. The molecule has 12 heteroatoms. The summed E-state index contributed by atoms with van der Waals surface area (Å²) in [6.45, 7) is 4.82. The number of rotatable bonds is 5. The van der Waals surface area contributed by atoms with E-state index in [1.165, 1.54) is 30.0 Å². The van der Waals surface area contributed by atoms with Crippen LogP contribution in [0.4, 0.5) is 23.2 Å². The van der Waals surface area contributed by atoms with Gasteiger partial charge in [0.05, 0.1) is 29.0 Å². The predicted octanol–water partition coefficient (Wildman–Crippen LogP) is 4.19. The Kier molecular flexibility index (Phi) is 7.77. The quantitative estimate of drug-likeness (QED) is 0.465. The van der Waals surface area contributed by atoms with E-state index in [-0.39, 0.29) is 17.2 Å². The fourth-order valence-electron chi connectivity index (χ4n) is 5.66. The summed E-state index contributed by atoms with van der Waals surface area (Å²) in [7, 11) is 0. The molecule has 0 bridgehead atoms. The highest BCUT2D eigenvalue weighted by molar-refractivity contribution is 5.96. The van der Waals surface area contributed by atoms with Crippen LogP contribution in [0.25, 0.3) is 5.65 Å². The average molecular weight is 549 g/mol. The van der Waals surface area contributed by atoms with Gasteiger partial charge in [-0.3, -0.25) is 4.79 Å². The van der Waals surface area contributed by atoms with Crippen LogP contribution in [0.5, 0.6) is 0 Å². The number of hydrogen-bond acceptors (Lipinski definition) is 6. The highest BCUT2D eigenvalue weighted by Gasteiger charge is 2.35. The summed E-state index contributed by atoms with van der Waals surface area (Å²) >= 11 is 0. The monoisotopic (exact) mass is 548 g/mol. The fourth-order valence-corrected chi connectivity index (χ4v) is 5.66. The second-order valence-electron chi connectivity index (χ2n) is 10.4. The maximum absolute atomic E-state index is 14.6. The molecule has 0 unspecified atom stereocenters. The number of aromatic nitrogens is 3. The molecule has 4 heterocycles. The van der Waals surface area contributed by atoms with E-state index in [9.17, 15) is 27.5 Å². The summed E-state index contributed by atoms with van der Waals surface area (Å²) in [5.74, 6) is -1.96. The molecule has 0 aliphatic carbocycles. The van der Waals surface area contributed by atoms with Crippen LogP contribution in [0.1, 0.15) is 66.6 Å². The van der Waals surface area contributed by atoms with Crippen molar-refractivity contribution in [3.8, 4) is 0 Å². The number of halogens is 4. The van der Waals surface area contributed by atoms with Crippen molar-refractivity contribution >= 4 is 17.2 Å². The molecule has 0 saturated carbocycles. The van der Waals surface area contributed by atoms with Gasteiger partial charge in [-0.05, 0) is 57.7 Å². The zero-order chi connectivity index (χ0) is 27.7. The second kappa shape index (κ2) is 11.1. The van der Waals surface area contributed by atoms with Gasteiger partial charge in [-0.2, -0.15) is 18.3 Å². The Bertz CT molecular complexity index is 1320. The maximum atomic E-state index is 14.6. The van der Waals surface area contributed by atoms with E-state index in [4.69, 9.17) is 0 Å². The molecule has 2 aromatic heterocycles. The molecule has 2 aliphatic heterocycles. The number of fused-ring (bicyclic) bond motifs is 1. The zero-order valence-electron chi connectivity index (χ0n) is 21.7. The topological polar surface area (TPSA) is 86.0 Å². The van der Waals surface area contributed by atoms with Gasteiger partial charge in [-0.15, -0.1) is 0 Å². The van der Waals surface area contributed by atoms with Crippen LogP contribution in [0.15, 0.2) is 36.8 Å². The standard InChI is InChI=1S/C27H32F4N6O2/c1-17(21-5-2-6-22(24(21)28)27(29,30)31)34-26(39)18-14-23(25-32-16-33-37(25)15-18)36-11-7-19(8-12-36)35-10-3-4-20(38)9-13-35/h2,5-6,14-17,19-20,38H,3-4,7-13H2,1H3,(H,34,39)/t17-,20+/m1/s1. The number of aliphatic hydroxyl groups is 1. The Balaban J connectivity index is 1.32. The summed E-state index contributed by atoms with van der Waals surface area (Å²) in [6.07, 6.45) is 2.33. The van der Waals surface area contributed by atoms with Crippen molar-refractivity contribution in [2.75, 3.05) is 31.1 Å². The van der Waals surface area contributed by atoms with Gasteiger partial charge in [0.2, 0.25) is 0 Å². The first-order valence-electron chi connectivity index (χ1n) is 13.3. The first-order valence-corrected chi connectivity index (χ1v) is 13.3. The molecule has 0 spiro atoms. The fraction of sp³-hybridized carbons (Fsp3) is 0.519. The average Bonchev–Trinajstić information content (AvgIpc) is 3.28. The van der Waals surface area contributed by atoms with Gasteiger partial charge in [-0.25, -0.2) is 13.9 Å². The molecule has 2 fully saturated rings. The summed E-state index contributed by atoms with van der Waals surface area (Å²) in [6, 6.07) is 4.17. The Morgan fingerprint density at radius 3 is 2.64 bits per heavy atom. The highest BCUT2D eigenvalue weighted by atomic mass is 19.4. The molecule has 5 rings (SSSR count). The summed E-state index contributed by atoms with van der Waals surface area (Å²) < 4.78 is 55.6. The second-order valence-corrected chi connectivity index (χ2v) is 10.4. The SMILES string of the molecule is C[C@@H](NC(=O)c1cc(N2CCC(N3CCC[C@H](O)CC3)CC2)c2ncnn2c1)c1cccc(C(F)(F)F)c1F. The number of piperidine rings is 1. The van der Waals surface area contributed by atoms with Gasteiger partial charge >= 0.3 is 6.18 Å². The minimum atomic E-state index is -4.83. The zero-order valence-corrected chi connectivity index (χ0v) is 21.7. The largest absolute Gasteiger partial charge is 0.419 e. The van der Waals surface area contributed by atoms with Gasteiger partial charge in [0, 0.05) is 37.4 Å². The van der Waals surface area contributed by atoms with Gasteiger partial charge in [0.1, 0.15) is 12.1 Å². The van der Waals surface area contributed by atoms with Crippen molar-refractivity contribution in [3.05, 3.63) is 59.3 Å². The lowest BCUT2D eigenvalue weighted by Gasteiger charge is -2.39. The molecule has 8 nitrogen and oxygen atoms in total. The number of alkyl halides is 3. The molecule has 2 N–H and O–H groups in total. The van der Waals surface area contributed by atoms with Gasteiger partial charge < -0.3 is 20.2 Å². The smallest absolute Gasteiger partial charge is 0.393 e. The van der Waals surface area contributed by atoms with Crippen molar-refractivity contribution in [3.63, 3.8) is 0 Å². The highest BCUT2D eigenvalue weighted by Crippen LogP contribution is 2.34. The number of hydrogen-bond donors (Lipinski definition) is 2. The van der Waals surface area contributed by atoms with Crippen molar-refractivity contribution < 1.29 is 27.5 Å².